The molecule has 3 fully saturated rings. The van der Waals surface area contributed by atoms with Crippen molar-refractivity contribution in [2.75, 3.05) is 0 Å². The summed E-state index contributed by atoms with van der Waals surface area (Å²) < 4.78 is 5.33. The summed E-state index contributed by atoms with van der Waals surface area (Å²) >= 11 is 0. The molecule has 0 aromatic rings. The fourth-order valence-electron chi connectivity index (χ4n) is 4.44. The molecule has 3 aliphatic rings. The van der Waals surface area contributed by atoms with Crippen LogP contribution in [0, 0.1) is 17.3 Å². The van der Waals surface area contributed by atoms with Gasteiger partial charge in [-0.1, -0.05) is 13.5 Å². The van der Waals surface area contributed by atoms with Crippen molar-refractivity contribution in [2.45, 2.75) is 51.2 Å². The van der Waals surface area contributed by atoms with Crippen molar-refractivity contribution in [3.8, 4) is 0 Å². The van der Waals surface area contributed by atoms with Gasteiger partial charge in [-0.15, -0.1) is 0 Å². The van der Waals surface area contributed by atoms with Crippen molar-refractivity contribution < 1.29 is 19.4 Å². The molecular weight excluding hydrogens is 244 g/mol. The molecule has 0 unspecified atom stereocenters. The summed E-state index contributed by atoms with van der Waals surface area (Å²) in [7, 11) is 0. The van der Waals surface area contributed by atoms with E-state index < -0.39 is 11.0 Å². The average molecular weight is 264 g/mol. The Hall–Kier alpha value is -1.16. The second kappa shape index (κ2) is 3.69. The summed E-state index contributed by atoms with van der Waals surface area (Å²) in [5, 5.41) is 10.8. The van der Waals surface area contributed by atoms with E-state index in [9.17, 15) is 14.7 Å². The maximum absolute atomic E-state index is 12.3. The van der Waals surface area contributed by atoms with E-state index in [4.69, 9.17) is 4.74 Å². The van der Waals surface area contributed by atoms with Crippen molar-refractivity contribution in [1.29, 1.82) is 0 Å². The summed E-state index contributed by atoms with van der Waals surface area (Å²) in [6.45, 7) is 7.51. The zero-order chi connectivity index (χ0) is 14.0. The molecule has 0 bridgehead atoms. The van der Waals surface area contributed by atoms with Crippen molar-refractivity contribution in [1.82, 2.24) is 0 Å². The molecule has 3 rings (SSSR count). The smallest absolute Gasteiger partial charge is 0.334 e. The monoisotopic (exact) mass is 264 g/mol. The van der Waals surface area contributed by atoms with Gasteiger partial charge in [-0.2, -0.15) is 0 Å². The van der Waals surface area contributed by atoms with E-state index in [0.29, 0.717) is 24.8 Å². The van der Waals surface area contributed by atoms with Crippen LogP contribution in [0.25, 0.3) is 0 Å². The first-order valence-electron chi connectivity index (χ1n) is 6.91. The lowest BCUT2D eigenvalue weighted by Gasteiger charge is -2.38. The molecule has 1 saturated heterocycles. The molecule has 5 atom stereocenters. The van der Waals surface area contributed by atoms with Crippen molar-refractivity contribution >= 4 is 11.8 Å². The lowest BCUT2D eigenvalue weighted by atomic mass is 9.68. The van der Waals surface area contributed by atoms with Gasteiger partial charge in [-0.05, 0) is 19.8 Å². The van der Waals surface area contributed by atoms with Crippen LogP contribution in [-0.2, 0) is 14.3 Å². The number of esters is 1. The second-order valence-corrected chi connectivity index (χ2v) is 6.77. The molecular formula is C15H20O4. The Bertz CT molecular complexity index is 479. The number of hydrogen-bond acceptors (Lipinski definition) is 4. The van der Waals surface area contributed by atoms with Crippen LogP contribution in [-0.4, -0.2) is 28.6 Å². The standard InChI is InChI=1S/C15H20O4/c1-8-9-6-14(2)11(4-5-12(14)16)15(3,18)7-10(9)19-13(8)17/h9-11,18H,1,4-7H2,2-3H3/t9-,10+,11-,14+,15-/m1/s1. The Kier molecular flexibility index (Phi) is 2.50. The van der Waals surface area contributed by atoms with E-state index >= 15 is 0 Å². The maximum atomic E-state index is 12.3. The number of aliphatic hydroxyl groups is 1. The fourth-order valence-corrected chi connectivity index (χ4v) is 4.44. The molecule has 0 spiro atoms. The Morgan fingerprint density at radius 2 is 2.00 bits per heavy atom. The second-order valence-electron chi connectivity index (χ2n) is 6.77. The van der Waals surface area contributed by atoms with Gasteiger partial charge < -0.3 is 9.84 Å². The average Bonchev–Trinajstić information content (AvgIpc) is 2.69. The predicted molar refractivity (Wildman–Crippen MR) is 68.2 cm³/mol. The Balaban J connectivity index is 2.04. The van der Waals surface area contributed by atoms with Gasteiger partial charge in [0.1, 0.15) is 11.9 Å². The Morgan fingerprint density at radius 1 is 1.32 bits per heavy atom. The number of rotatable bonds is 0. The van der Waals surface area contributed by atoms with Crippen LogP contribution in [0.1, 0.15) is 39.5 Å². The number of carbonyl (C=O) groups is 2. The number of fused-ring (bicyclic) bond motifs is 2. The van der Waals surface area contributed by atoms with Crippen LogP contribution in [0.15, 0.2) is 12.2 Å². The topological polar surface area (TPSA) is 63.6 Å². The zero-order valence-corrected chi connectivity index (χ0v) is 11.4. The summed E-state index contributed by atoms with van der Waals surface area (Å²) in [6, 6.07) is 0. The van der Waals surface area contributed by atoms with E-state index in [2.05, 4.69) is 6.58 Å². The Labute approximate surface area is 112 Å². The molecule has 1 heterocycles. The summed E-state index contributed by atoms with van der Waals surface area (Å²) in [4.78, 5) is 23.9. The van der Waals surface area contributed by atoms with Gasteiger partial charge in [0.15, 0.2) is 0 Å². The van der Waals surface area contributed by atoms with Gasteiger partial charge in [0.25, 0.3) is 0 Å². The van der Waals surface area contributed by atoms with Crippen LogP contribution in [0.5, 0.6) is 0 Å². The highest BCUT2D eigenvalue weighted by atomic mass is 16.6. The minimum absolute atomic E-state index is 0.0513. The zero-order valence-electron chi connectivity index (χ0n) is 11.4. The molecule has 0 aromatic carbocycles. The number of Topliss-reactive ketones (excluding diaryl/α,β-unsaturated/α-hetero) is 1. The fraction of sp³-hybridized carbons (Fsp3) is 0.733. The van der Waals surface area contributed by atoms with Crippen LogP contribution >= 0.6 is 0 Å². The van der Waals surface area contributed by atoms with Crippen molar-refractivity contribution in [2.24, 2.45) is 17.3 Å². The molecule has 2 saturated carbocycles. The van der Waals surface area contributed by atoms with Gasteiger partial charge in [-0.3, -0.25) is 4.79 Å². The number of carbonyl (C=O) groups excluding carboxylic acids is 2. The third-order valence-electron chi connectivity index (χ3n) is 5.49. The van der Waals surface area contributed by atoms with Crippen LogP contribution in [0.2, 0.25) is 0 Å². The third-order valence-corrected chi connectivity index (χ3v) is 5.49. The summed E-state index contributed by atoms with van der Waals surface area (Å²) in [5.41, 5.74) is -1.06. The molecule has 0 aromatic heterocycles. The molecule has 104 valence electrons. The minimum atomic E-state index is -0.967. The van der Waals surface area contributed by atoms with Crippen LogP contribution < -0.4 is 0 Å². The SMILES string of the molecule is C=C1C(=O)O[C@H]2C[C@@](C)(O)[C@@H]3CCC(=O)[C@@]3(C)C[C@H]12. The number of ketones is 1. The highest BCUT2D eigenvalue weighted by Gasteiger charge is 2.60. The van der Waals surface area contributed by atoms with Crippen molar-refractivity contribution in [3.05, 3.63) is 12.2 Å². The molecule has 1 aliphatic heterocycles. The van der Waals surface area contributed by atoms with E-state index in [1.165, 1.54) is 0 Å². The molecule has 19 heavy (non-hydrogen) atoms. The van der Waals surface area contributed by atoms with Crippen LogP contribution in [0.3, 0.4) is 0 Å². The van der Waals surface area contributed by atoms with E-state index in [0.717, 1.165) is 6.42 Å². The Morgan fingerprint density at radius 3 is 2.68 bits per heavy atom. The lowest BCUT2D eigenvalue weighted by molar-refractivity contribution is -0.143. The van der Waals surface area contributed by atoms with E-state index in [-0.39, 0.29) is 29.7 Å². The van der Waals surface area contributed by atoms with E-state index in [1.807, 2.05) is 6.92 Å². The van der Waals surface area contributed by atoms with Gasteiger partial charge in [-0.25, -0.2) is 4.79 Å². The maximum Gasteiger partial charge on any atom is 0.334 e. The molecule has 0 radical (unpaired) electrons. The minimum Gasteiger partial charge on any atom is -0.458 e. The molecule has 0 amide bonds. The van der Waals surface area contributed by atoms with Crippen molar-refractivity contribution in [3.63, 3.8) is 0 Å². The summed E-state index contributed by atoms with van der Waals surface area (Å²) in [6.07, 6.45) is 1.89. The quantitative estimate of drug-likeness (QED) is 0.533. The molecule has 2 aliphatic carbocycles. The van der Waals surface area contributed by atoms with Crippen LogP contribution in [0.4, 0.5) is 0 Å². The molecule has 4 heteroatoms. The van der Waals surface area contributed by atoms with E-state index in [1.54, 1.807) is 6.92 Å². The highest BCUT2D eigenvalue weighted by Crippen LogP contribution is 2.56. The lowest BCUT2D eigenvalue weighted by Crippen LogP contribution is -2.43. The predicted octanol–water partition coefficient (Wildman–Crippen LogP) is 1.61. The van der Waals surface area contributed by atoms with Gasteiger partial charge in [0.05, 0.1) is 5.60 Å². The van der Waals surface area contributed by atoms with Gasteiger partial charge >= 0.3 is 5.97 Å². The number of hydrogen-bond donors (Lipinski definition) is 1. The third kappa shape index (κ3) is 1.62. The largest absolute Gasteiger partial charge is 0.458 e. The summed E-state index contributed by atoms with van der Waals surface area (Å²) in [5.74, 6) is -0.357. The first kappa shape index (κ1) is 12.9. The molecule has 4 nitrogen and oxygen atoms in total. The first-order chi connectivity index (χ1) is 8.75. The normalized spacial score (nSPS) is 49.6. The first-order valence-corrected chi connectivity index (χ1v) is 6.91. The van der Waals surface area contributed by atoms with Gasteiger partial charge in [0.2, 0.25) is 0 Å². The number of ether oxygens (including phenoxy) is 1. The molecule has 1 N–H and O–H groups in total. The van der Waals surface area contributed by atoms with Gasteiger partial charge in [0, 0.05) is 35.7 Å². The highest BCUT2D eigenvalue weighted by molar-refractivity contribution is 5.92.